The smallest absolute Gasteiger partial charge is 0.255 e. The first kappa shape index (κ1) is 13.8. The Labute approximate surface area is 124 Å². The van der Waals surface area contributed by atoms with Crippen molar-refractivity contribution in [2.45, 2.75) is 31.7 Å². The zero-order valence-corrected chi connectivity index (χ0v) is 12.1. The normalized spacial score (nSPS) is 15.7. The summed E-state index contributed by atoms with van der Waals surface area (Å²) in [5.41, 5.74) is 8.25. The van der Waals surface area contributed by atoms with Gasteiger partial charge in [0.25, 0.3) is 5.91 Å². The molecule has 3 N–H and O–H groups in total. The van der Waals surface area contributed by atoms with Crippen molar-refractivity contribution in [2.75, 3.05) is 6.54 Å². The second-order valence-corrected chi connectivity index (χ2v) is 5.58. The minimum Gasteiger partial charge on any atom is -0.348 e. The summed E-state index contributed by atoms with van der Waals surface area (Å²) in [5.74, 6) is 0.346. The van der Waals surface area contributed by atoms with E-state index in [0.29, 0.717) is 18.0 Å². The third kappa shape index (κ3) is 2.83. The fraction of sp³-hybridized carbons (Fsp3) is 0.375. The monoisotopic (exact) mass is 284 g/mol. The van der Waals surface area contributed by atoms with Crippen LogP contribution in [0.1, 0.15) is 41.7 Å². The Morgan fingerprint density at radius 3 is 2.76 bits per heavy atom. The summed E-state index contributed by atoms with van der Waals surface area (Å²) in [6.07, 6.45) is 3.90. The van der Waals surface area contributed by atoms with Gasteiger partial charge < -0.3 is 11.1 Å². The number of para-hydroxylation sites is 1. The lowest BCUT2D eigenvalue weighted by atomic mass is 10.1. The van der Waals surface area contributed by atoms with E-state index in [2.05, 4.69) is 10.4 Å². The van der Waals surface area contributed by atoms with E-state index in [4.69, 9.17) is 5.73 Å². The molecule has 5 heteroatoms. The highest BCUT2D eigenvalue weighted by atomic mass is 16.1. The number of nitrogens with one attached hydrogen (secondary N) is 1. The summed E-state index contributed by atoms with van der Waals surface area (Å²) in [7, 11) is 0. The minimum atomic E-state index is -0.0861. The van der Waals surface area contributed by atoms with Crippen LogP contribution in [-0.4, -0.2) is 28.3 Å². The highest BCUT2D eigenvalue weighted by molar-refractivity contribution is 5.95. The quantitative estimate of drug-likeness (QED) is 0.879. The molecule has 0 radical (unpaired) electrons. The van der Waals surface area contributed by atoms with Gasteiger partial charge in [0.2, 0.25) is 0 Å². The molecule has 1 aliphatic carbocycles. The number of amides is 1. The first-order valence-electron chi connectivity index (χ1n) is 7.35. The third-order valence-corrected chi connectivity index (χ3v) is 3.75. The molecule has 110 valence electrons. The van der Waals surface area contributed by atoms with E-state index in [0.717, 1.165) is 24.2 Å². The number of hydrogen-bond donors (Lipinski definition) is 2. The van der Waals surface area contributed by atoms with Crippen molar-refractivity contribution in [3.05, 3.63) is 47.8 Å². The molecule has 21 heavy (non-hydrogen) atoms. The van der Waals surface area contributed by atoms with E-state index in [1.807, 2.05) is 41.9 Å². The Balaban J connectivity index is 1.95. The van der Waals surface area contributed by atoms with Crippen LogP contribution in [0, 0.1) is 0 Å². The molecular weight excluding hydrogens is 264 g/mol. The molecule has 1 atom stereocenters. The van der Waals surface area contributed by atoms with Crippen molar-refractivity contribution < 1.29 is 4.79 Å². The van der Waals surface area contributed by atoms with Crippen molar-refractivity contribution in [3.63, 3.8) is 0 Å². The molecule has 0 saturated heterocycles. The number of hydrogen-bond acceptors (Lipinski definition) is 3. The van der Waals surface area contributed by atoms with Crippen LogP contribution in [0.25, 0.3) is 5.69 Å². The minimum absolute atomic E-state index is 0.0374. The first-order valence-corrected chi connectivity index (χ1v) is 7.35. The van der Waals surface area contributed by atoms with Gasteiger partial charge in [0.05, 0.1) is 23.1 Å². The van der Waals surface area contributed by atoms with E-state index in [1.54, 1.807) is 6.20 Å². The number of nitrogens with two attached hydrogens (primary N) is 1. The Morgan fingerprint density at radius 2 is 2.14 bits per heavy atom. The second kappa shape index (κ2) is 5.69. The van der Waals surface area contributed by atoms with Gasteiger partial charge in [0.1, 0.15) is 0 Å². The van der Waals surface area contributed by atoms with Gasteiger partial charge >= 0.3 is 0 Å². The summed E-state index contributed by atoms with van der Waals surface area (Å²) in [5, 5.41) is 7.34. The molecule has 1 aromatic carbocycles. The summed E-state index contributed by atoms with van der Waals surface area (Å²) >= 11 is 0. The lowest BCUT2D eigenvalue weighted by Gasteiger charge is -2.12. The van der Waals surface area contributed by atoms with Gasteiger partial charge in [-0.25, -0.2) is 4.68 Å². The van der Waals surface area contributed by atoms with E-state index < -0.39 is 0 Å². The molecule has 1 aliphatic rings. The van der Waals surface area contributed by atoms with Crippen molar-refractivity contribution in [1.82, 2.24) is 15.1 Å². The molecule has 1 heterocycles. The second-order valence-electron chi connectivity index (χ2n) is 5.58. The number of carbonyl (C=O) groups is 1. The summed E-state index contributed by atoms with van der Waals surface area (Å²) in [6.45, 7) is 2.33. The maximum atomic E-state index is 12.4. The van der Waals surface area contributed by atoms with Gasteiger partial charge in [-0.15, -0.1) is 0 Å². The van der Waals surface area contributed by atoms with E-state index in [1.165, 1.54) is 0 Å². The number of nitrogens with zero attached hydrogens (tertiary/aromatic N) is 2. The van der Waals surface area contributed by atoms with Crippen molar-refractivity contribution >= 4 is 5.91 Å². The van der Waals surface area contributed by atoms with Crippen molar-refractivity contribution in [3.8, 4) is 5.69 Å². The maximum Gasteiger partial charge on any atom is 0.255 e. The Kier molecular flexibility index (Phi) is 3.75. The highest BCUT2D eigenvalue weighted by Gasteiger charge is 2.33. The molecular formula is C16H20N4O. The molecule has 1 saturated carbocycles. The highest BCUT2D eigenvalue weighted by Crippen LogP contribution is 2.42. The lowest BCUT2D eigenvalue weighted by molar-refractivity contribution is 0.0940. The van der Waals surface area contributed by atoms with E-state index in [-0.39, 0.29) is 11.9 Å². The van der Waals surface area contributed by atoms with Crippen LogP contribution in [0.2, 0.25) is 0 Å². The summed E-state index contributed by atoms with van der Waals surface area (Å²) in [4.78, 5) is 12.4. The van der Waals surface area contributed by atoms with Crippen LogP contribution < -0.4 is 11.1 Å². The fourth-order valence-corrected chi connectivity index (χ4v) is 2.42. The summed E-state index contributed by atoms with van der Waals surface area (Å²) in [6, 6.07) is 9.89. The molecule has 1 fully saturated rings. The number of benzene rings is 1. The predicted octanol–water partition coefficient (Wildman–Crippen LogP) is 1.83. The van der Waals surface area contributed by atoms with Gasteiger partial charge in [-0.05, 0) is 31.9 Å². The van der Waals surface area contributed by atoms with Gasteiger partial charge in [0, 0.05) is 18.5 Å². The van der Waals surface area contributed by atoms with Crippen molar-refractivity contribution in [2.24, 2.45) is 5.73 Å². The first-order chi connectivity index (χ1) is 10.2. The topological polar surface area (TPSA) is 72.9 Å². The zero-order chi connectivity index (χ0) is 14.8. The molecule has 0 bridgehead atoms. The van der Waals surface area contributed by atoms with Crippen LogP contribution in [0.3, 0.4) is 0 Å². The Hall–Kier alpha value is -2.14. The summed E-state index contributed by atoms with van der Waals surface area (Å²) < 4.78 is 1.89. The average Bonchev–Trinajstić information content (AvgIpc) is 3.26. The molecule has 3 rings (SSSR count). The largest absolute Gasteiger partial charge is 0.348 e. The standard InChI is InChI=1S/C16H20N4O/c1-11(9-17)19-16(21)14-10-18-20(15(14)12-7-8-12)13-5-3-2-4-6-13/h2-6,10-12H,7-9,17H2,1H3,(H,19,21)/t11-/m0/s1. The number of carbonyl (C=O) groups excluding carboxylic acids is 1. The van der Waals surface area contributed by atoms with Crippen LogP contribution in [0.4, 0.5) is 0 Å². The van der Waals surface area contributed by atoms with Gasteiger partial charge in [0.15, 0.2) is 0 Å². The maximum absolute atomic E-state index is 12.4. The van der Waals surface area contributed by atoms with Crippen molar-refractivity contribution in [1.29, 1.82) is 0 Å². The number of rotatable bonds is 5. The molecule has 0 spiro atoms. The van der Waals surface area contributed by atoms with Crippen LogP contribution >= 0.6 is 0 Å². The van der Waals surface area contributed by atoms with Gasteiger partial charge in [-0.1, -0.05) is 18.2 Å². The van der Waals surface area contributed by atoms with Crippen LogP contribution in [0.15, 0.2) is 36.5 Å². The Morgan fingerprint density at radius 1 is 1.43 bits per heavy atom. The van der Waals surface area contributed by atoms with Crippen LogP contribution in [0.5, 0.6) is 0 Å². The average molecular weight is 284 g/mol. The SMILES string of the molecule is C[C@@H](CN)NC(=O)c1cnn(-c2ccccc2)c1C1CC1. The molecule has 0 aliphatic heterocycles. The number of aromatic nitrogens is 2. The fourth-order valence-electron chi connectivity index (χ4n) is 2.42. The van der Waals surface area contributed by atoms with Gasteiger partial charge in [-0.2, -0.15) is 5.10 Å². The van der Waals surface area contributed by atoms with E-state index in [9.17, 15) is 4.79 Å². The molecule has 2 aromatic rings. The molecule has 0 unspecified atom stereocenters. The van der Waals surface area contributed by atoms with Gasteiger partial charge in [-0.3, -0.25) is 4.79 Å². The Bertz CT molecular complexity index is 631. The predicted molar refractivity (Wildman–Crippen MR) is 81.5 cm³/mol. The van der Waals surface area contributed by atoms with E-state index >= 15 is 0 Å². The molecule has 5 nitrogen and oxygen atoms in total. The lowest BCUT2D eigenvalue weighted by Crippen LogP contribution is -2.38. The third-order valence-electron chi connectivity index (χ3n) is 3.75. The van der Waals surface area contributed by atoms with Crippen LogP contribution in [-0.2, 0) is 0 Å². The zero-order valence-electron chi connectivity index (χ0n) is 12.1. The molecule has 1 aromatic heterocycles. The molecule has 1 amide bonds.